The minimum Gasteiger partial charge on any atom is -0.494 e. The zero-order valence-electron chi connectivity index (χ0n) is 16.6. The summed E-state index contributed by atoms with van der Waals surface area (Å²) in [6.07, 6.45) is 0.731. The van der Waals surface area contributed by atoms with Crippen molar-refractivity contribution in [3.05, 3.63) is 59.7 Å². The van der Waals surface area contributed by atoms with Crippen LogP contribution in [0.3, 0.4) is 0 Å². The number of ether oxygens (including phenoxy) is 2. The highest BCUT2D eigenvalue weighted by Gasteiger charge is 2.27. The van der Waals surface area contributed by atoms with E-state index in [-0.39, 0.29) is 17.3 Å². The van der Waals surface area contributed by atoms with E-state index in [1.807, 2.05) is 18.2 Å². The smallest absolute Gasteiger partial charge is 0.285 e. The molecule has 0 amide bonds. The highest BCUT2D eigenvalue weighted by molar-refractivity contribution is 7.90. The maximum absolute atomic E-state index is 12.0. The minimum atomic E-state index is -3.58. The molecule has 30 heavy (non-hydrogen) atoms. The minimum absolute atomic E-state index is 0. The Kier molecular flexibility index (Phi) is 7.71. The van der Waals surface area contributed by atoms with E-state index in [1.54, 1.807) is 18.2 Å². The van der Waals surface area contributed by atoms with Crippen LogP contribution in [0.25, 0.3) is 0 Å². The zero-order valence-corrected chi connectivity index (χ0v) is 18.3. The molecule has 0 unspecified atom stereocenters. The number of benzene rings is 2. The Morgan fingerprint density at radius 3 is 2.73 bits per heavy atom. The fraction of sp³-hybridized carbons (Fsp3) is 0.381. The molecule has 0 bridgehead atoms. The summed E-state index contributed by atoms with van der Waals surface area (Å²) in [6, 6.07) is 15.0. The van der Waals surface area contributed by atoms with Crippen molar-refractivity contribution < 1.29 is 17.9 Å². The van der Waals surface area contributed by atoms with Crippen molar-refractivity contribution in [1.82, 2.24) is 10.2 Å². The van der Waals surface area contributed by atoms with Gasteiger partial charge >= 0.3 is 0 Å². The molecule has 0 aromatic heterocycles. The molecule has 1 N–H and O–H groups in total. The number of amidine groups is 1. The molecule has 1 fully saturated rings. The van der Waals surface area contributed by atoms with E-state index in [2.05, 4.69) is 26.7 Å². The first-order valence-corrected chi connectivity index (χ1v) is 11.3. The maximum atomic E-state index is 12.0. The quantitative estimate of drug-likeness (QED) is 0.651. The first kappa shape index (κ1) is 22.6. The summed E-state index contributed by atoms with van der Waals surface area (Å²) in [5, 5.41) is 3.12. The molecule has 162 valence electrons. The molecule has 2 aliphatic heterocycles. The van der Waals surface area contributed by atoms with Gasteiger partial charge in [0.2, 0.25) is 0 Å². The number of fused-ring (bicyclic) bond motifs is 1. The topological polar surface area (TPSA) is 80.2 Å². The highest BCUT2D eigenvalue weighted by atomic mass is 35.5. The van der Waals surface area contributed by atoms with E-state index in [9.17, 15) is 8.42 Å². The second-order valence-electron chi connectivity index (χ2n) is 7.08. The lowest BCUT2D eigenvalue weighted by Crippen LogP contribution is -2.35. The van der Waals surface area contributed by atoms with Gasteiger partial charge in [-0.15, -0.1) is 16.8 Å². The lowest BCUT2D eigenvalue weighted by molar-refractivity contribution is 0.0341. The fourth-order valence-electron chi connectivity index (χ4n) is 3.45. The van der Waals surface area contributed by atoms with Gasteiger partial charge in [-0.3, -0.25) is 4.90 Å². The van der Waals surface area contributed by atoms with Crippen LogP contribution in [0.1, 0.15) is 17.5 Å². The summed E-state index contributed by atoms with van der Waals surface area (Å²) < 4.78 is 39.2. The standard InChI is InChI=1S/C21H25N3O4S.ClH/c25-29(26)20-8-2-1-7-19(20)21(23-29)22-9-4-12-28-18-6-3-5-17(15-18)16-24-10-13-27-14-11-24;/h1-3,5-8,15H,4,9-14,16H2,(H,22,23);1H. The van der Waals surface area contributed by atoms with Crippen molar-refractivity contribution in [1.29, 1.82) is 0 Å². The van der Waals surface area contributed by atoms with E-state index < -0.39 is 10.0 Å². The molecule has 7 nitrogen and oxygen atoms in total. The number of nitrogens with one attached hydrogen (secondary N) is 1. The third kappa shape index (κ3) is 5.51. The Balaban J connectivity index is 0.00000256. The molecule has 0 spiro atoms. The average molecular weight is 452 g/mol. The van der Waals surface area contributed by atoms with E-state index in [1.165, 1.54) is 5.56 Å². The summed E-state index contributed by atoms with van der Waals surface area (Å²) in [5.41, 5.74) is 1.86. The Hall–Kier alpha value is -2.13. The van der Waals surface area contributed by atoms with Gasteiger partial charge in [0, 0.05) is 31.7 Å². The Morgan fingerprint density at radius 1 is 1.10 bits per heavy atom. The molecule has 2 aromatic rings. The number of nitrogens with zero attached hydrogens (tertiary/aromatic N) is 2. The van der Waals surface area contributed by atoms with Crippen LogP contribution in [0, 0.1) is 0 Å². The van der Waals surface area contributed by atoms with Gasteiger partial charge in [-0.1, -0.05) is 24.3 Å². The van der Waals surface area contributed by atoms with Gasteiger partial charge in [-0.05, 0) is 36.2 Å². The number of hydrogen-bond acceptors (Lipinski definition) is 6. The van der Waals surface area contributed by atoms with Crippen LogP contribution < -0.4 is 10.1 Å². The number of sulfonamides is 1. The van der Waals surface area contributed by atoms with Crippen LogP contribution in [-0.4, -0.2) is 58.6 Å². The zero-order chi connectivity index (χ0) is 20.1. The van der Waals surface area contributed by atoms with E-state index in [4.69, 9.17) is 9.47 Å². The molecule has 0 aliphatic carbocycles. The van der Waals surface area contributed by atoms with Crippen LogP contribution in [0.2, 0.25) is 0 Å². The lowest BCUT2D eigenvalue weighted by atomic mass is 10.2. The molecule has 0 radical (unpaired) electrons. The van der Waals surface area contributed by atoms with Crippen molar-refractivity contribution >= 4 is 28.3 Å². The average Bonchev–Trinajstić information content (AvgIpc) is 2.99. The summed E-state index contributed by atoms with van der Waals surface area (Å²) in [4.78, 5) is 2.64. The van der Waals surface area contributed by atoms with Gasteiger partial charge in [0.15, 0.2) is 0 Å². The first-order chi connectivity index (χ1) is 14.1. The van der Waals surface area contributed by atoms with Gasteiger partial charge in [-0.25, -0.2) is 0 Å². The summed E-state index contributed by atoms with van der Waals surface area (Å²) in [7, 11) is -3.58. The lowest BCUT2D eigenvalue weighted by Gasteiger charge is -2.26. The predicted octanol–water partition coefficient (Wildman–Crippen LogP) is 2.45. The van der Waals surface area contributed by atoms with E-state index >= 15 is 0 Å². The molecule has 9 heteroatoms. The SMILES string of the molecule is Cl.O=S1(=O)N=C(NCCCOc2cccc(CN3CCOCC3)c2)c2ccccc21. The van der Waals surface area contributed by atoms with Gasteiger partial charge in [0.25, 0.3) is 10.0 Å². The van der Waals surface area contributed by atoms with Crippen molar-refractivity contribution in [3.63, 3.8) is 0 Å². The second kappa shape index (κ2) is 10.3. The molecule has 2 aliphatic rings. The van der Waals surface area contributed by atoms with Crippen LogP contribution >= 0.6 is 12.4 Å². The number of morpholine rings is 1. The Morgan fingerprint density at radius 2 is 1.90 bits per heavy atom. The maximum Gasteiger partial charge on any atom is 0.285 e. The highest BCUT2D eigenvalue weighted by Crippen LogP contribution is 2.24. The Labute approximate surface area is 183 Å². The van der Waals surface area contributed by atoms with E-state index in [0.717, 1.165) is 45.0 Å². The van der Waals surface area contributed by atoms with Crippen LogP contribution in [0.5, 0.6) is 5.75 Å². The third-order valence-electron chi connectivity index (χ3n) is 4.92. The molecular formula is C21H26ClN3O4S. The normalized spacial score (nSPS) is 17.5. The molecule has 2 aromatic carbocycles. The van der Waals surface area contributed by atoms with Crippen molar-refractivity contribution in [2.24, 2.45) is 4.40 Å². The van der Waals surface area contributed by atoms with Crippen molar-refractivity contribution in [2.45, 2.75) is 17.9 Å². The number of rotatable bonds is 7. The van der Waals surface area contributed by atoms with Crippen molar-refractivity contribution in [3.8, 4) is 5.75 Å². The van der Waals surface area contributed by atoms with Crippen LogP contribution in [0.15, 0.2) is 57.8 Å². The summed E-state index contributed by atoms with van der Waals surface area (Å²) in [6.45, 7) is 5.52. The van der Waals surface area contributed by atoms with Gasteiger partial charge in [0.1, 0.15) is 16.5 Å². The van der Waals surface area contributed by atoms with Gasteiger partial charge in [0.05, 0.1) is 19.8 Å². The molecule has 2 heterocycles. The molecular weight excluding hydrogens is 426 g/mol. The number of hydrogen-bond donors (Lipinski definition) is 1. The molecule has 0 saturated carbocycles. The first-order valence-electron chi connectivity index (χ1n) is 9.82. The van der Waals surface area contributed by atoms with Crippen molar-refractivity contribution in [2.75, 3.05) is 39.5 Å². The van der Waals surface area contributed by atoms with Gasteiger partial charge < -0.3 is 14.8 Å². The van der Waals surface area contributed by atoms with Crippen LogP contribution in [0.4, 0.5) is 0 Å². The van der Waals surface area contributed by atoms with Crippen LogP contribution in [-0.2, 0) is 21.3 Å². The third-order valence-corrected chi connectivity index (χ3v) is 6.26. The second-order valence-corrected chi connectivity index (χ2v) is 8.65. The predicted molar refractivity (Wildman–Crippen MR) is 118 cm³/mol. The molecule has 0 atom stereocenters. The van der Waals surface area contributed by atoms with E-state index in [0.29, 0.717) is 24.6 Å². The monoisotopic (exact) mass is 451 g/mol. The summed E-state index contributed by atoms with van der Waals surface area (Å²) >= 11 is 0. The molecule has 1 saturated heterocycles. The number of halogens is 1. The molecule has 4 rings (SSSR count). The Bertz CT molecular complexity index is 991. The summed E-state index contributed by atoms with van der Waals surface area (Å²) in [5.74, 6) is 1.26. The van der Waals surface area contributed by atoms with Gasteiger partial charge in [-0.2, -0.15) is 8.42 Å². The fourth-order valence-corrected chi connectivity index (χ4v) is 4.65. The largest absolute Gasteiger partial charge is 0.494 e.